The molecule has 0 spiro atoms. The third kappa shape index (κ3) is 2.94. The second-order valence-corrected chi connectivity index (χ2v) is 6.70. The fourth-order valence-electron chi connectivity index (χ4n) is 2.80. The molecular formula is C15H16ClN3S. The van der Waals surface area contributed by atoms with Crippen molar-refractivity contribution >= 4 is 34.2 Å². The number of nitriles is 1. The molecule has 0 aromatic heterocycles. The lowest BCUT2D eigenvalue weighted by Gasteiger charge is -2.32. The average molecular weight is 306 g/mol. The Balaban J connectivity index is 1.75. The minimum absolute atomic E-state index is 0.477. The highest BCUT2D eigenvalue weighted by Gasteiger charge is 2.29. The third-order valence-corrected chi connectivity index (χ3v) is 5.31. The van der Waals surface area contributed by atoms with Gasteiger partial charge in [-0.25, -0.2) is 0 Å². The Morgan fingerprint density at radius 1 is 1.35 bits per heavy atom. The summed E-state index contributed by atoms with van der Waals surface area (Å²) in [4.78, 5) is 4.83. The predicted molar refractivity (Wildman–Crippen MR) is 85.4 cm³/mol. The van der Waals surface area contributed by atoms with Crippen molar-refractivity contribution < 1.29 is 0 Å². The maximum absolute atomic E-state index is 8.85. The topological polar surface area (TPSA) is 48.2 Å². The molecule has 1 N–H and O–H groups in total. The number of hydrogen-bond acceptors (Lipinski definition) is 4. The third-order valence-electron chi connectivity index (χ3n) is 3.93. The van der Waals surface area contributed by atoms with Gasteiger partial charge in [-0.2, -0.15) is 5.26 Å². The van der Waals surface area contributed by atoms with E-state index in [4.69, 9.17) is 21.9 Å². The van der Waals surface area contributed by atoms with Gasteiger partial charge in [0.25, 0.3) is 0 Å². The number of fused-ring (bicyclic) bond motifs is 1. The van der Waals surface area contributed by atoms with Gasteiger partial charge in [0, 0.05) is 5.75 Å². The van der Waals surface area contributed by atoms with Gasteiger partial charge in [0.1, 0.15) is 0 Å². The molecule has 3 rings (SSSR count). The zero-order valence-electron chi connectivity index (χ0n) is 11.1. The van der Waals surface area contributed by atoms with Crippen LogP contribution in [0.3, 0.4) is 0 Å². The number of nitrogens with zero attached hydrogens (tertiary/aromatic N) is 2. The molecule has 1 aliphatic heterocycles. The molecule has 3 nitrogen and oxygen atoms in total. The van der Waals surface area contributed by atoms with Crippen LogP contribution in [-0.4, -0.2) is 17.0 Å². The first-order valence-corrected chi connectivity index (χ1v) is 8.30. The number of anilines is 1. The summed E-state index contributed by atoms with van der Waals surface area (Å²) in [6.45, 7) is 0. The molecule has 1 fully saturated rings. The first kappa shape index (κ1) is 13.8. The van der Waals surface area contributed by atoms with Gasteiger partial charge >= 0.3 is 0 Å². The van der Waals surface area contributed by atoms with E-state index in [1.165, 1.54) is 25.7 Å². The molecule has 2 atom stereocenters. The summed E-state index contributed by atoms with van der Waals surface area (Å²) in [6.07, 6.45) is 5.16. The van der Waals surface area contributed by atoms with E-state index in [9.17, 15) is 0 Å². The predicted octanol–water partition coefficient (Wildman–Crippen LogP) is 4.29. The Bertz CT molecular complexity index is 579. The van der Waals surface area contributed by atoms with E-state index in [0.717, 1.165) is 22.5 Å². The maximum atomic E-state index is 8.85. The van der Waals surface area contributed by atoms with Gasteiger partial charge in [0.2, 0.25) is 0 Å². The highest BCUT2D eigenvalue weighted by Crippen LogP contribution is 2.35. The van der Waals surface area contributed by atoms with Crippen molar-refractivity contribution in [3.05, 3.63) is 28.8 Å². The van der Waals surface area contributed by atoms with Crippen LogP contribution in [0.4, 0.5) is 5.69 Å². The van der Waals surface area contributed by atoms with E-state index in [1.54, 1.807) is 23.9 Å². The Morgan fingerprint density at radius 2 is 2.20 bits per heavy atom. The molecule has 1 aromatic rings. The van der Waals surface area contributed by atoms with E-state index < -0.39 is 0 Å². The van der Waals surface area contributed by atoms with E-state index >= 15 is 0 Å². The molecule has 1 aliphatic carbocycles. The number of benzene rings is 1. The van der Waals surface area contributed by atoms with Crippen LogP contribution in [0.1, 0.15) is 31.2 Å². The summed E-state index contributed by atoms with van der Waals surface area (Å²) >= 11 is 7.96. The number of aliphatic imine (C=N–C) groups is 1. The quantitative estimate of drug-likeness (QED) is 0.842. The van der Waals surface area contributed by atoms with Crippen LogP contribution in [0.25, 0.3) is 0 Å². The van der Waals surface area contributed by atoms with Gasteiger partial charge in [0.15, 0.2) is 5.17 Å². The molecule has 2 aliphatic rings. The standard InChI is InChI=1S/C15H16ClN3S/c16-12-7-10(8-17)5-6-14(12)19-15-18-13-4-2-1-3-11(13)9-20-15/h5-7,11,13H,1-4,9H2,(H,18,19). The van der Waals surface area contributed by atoms with Crippen molar-refractivity contribution in [2.24, 2.45) is 10.9 Å². The smallest absolute Gasteiger partial charge is 0.161 e. The molecule has 0 radical (unpaired) electrons. The second kappa shape index (κ2) is 6.07. The van der Waals surface area contributed by atoms with Gasteiger partial charge in [0.05, 0.1) is 28.4 Å². The van der Waals surface area contributed by atoms with E-state index in [0.29, 0.717) is 16.6 Å². The monoisotopic (exact) mass is 305 g/mol. The van der Waals surface area contributed by atoms with Crippen LogP contribution in [0.5, 0.6) is 0 Å². The first-order chi connectivity index (χ1) is 9.76. The molecule has 104 valence electrons. The van der Waals surface area contributed by atoms with Gasteiger partial charge in [-0.15, -0.1) is 0 Å². The Hall–Kier alpha value is -1.18. The van der Waals surface area contributed by atoms with Crippen molar-refractivity contribution in [2.75, 3.05) is 11.1 Å². The van der Waals surface area contributed by atoms with Crippen molar-refractivity contribution in [3.8, 4) is 6.07 Å². The van der Waals surface area contributed by atoms with Crippen LogP contribution in [0.2, 0.25) is 5.02 Å². The average Bonchev–Trinajstić information content (AvgIpc) is 2.49. The van der Waals surface area contributed by atoms with Crippen LogP contribution in [0, 0.1) is 17.2 Å². The van der Waals surface area contributed by atoms with Crippen LogP contribution < -0.4 is 5.32 Å². The number of hydrogen-bond donors (Lipinski definition) is 1. The lowest BCUT2D eigenvalue weighted by atomic mass is 9.86. The summed E-state index contributed by atoms with van der Waals surface area (Å²) in [5.41, 5.74) is 1.40. The van der Waals surface area contributed by atoms with E-state index in [-0.39, 0.29) is 0 Å². The second-order valence-electron chi connectivity index (χ2n) is 5.29. The molecule has 2 unspecified atom stereocenters. The van der Waals surface area contributed by atoms with E-state index in [2.05, 4.69) is 11.4 Å². The molecule has 0 amide bonds. The molecule has 20 heavy (non-hydrogen) atoms. The van der Waals surface area contributed by atoms with Crippen molar-refractivity contribution in [1.29, 1.82) is 5.26 Å². The van der Waals surface area contributed by atoms with E-state index in [1.807, 2.05) is 6.07 Å². The summed E-state index contributed by atoms with van der Waals surface area (Å²) < 4.78 is 0. The zero-order valence-corrected chi connectivity index (χ0v) is 12.7. The Labute approximate surface area is 128 Å². The lowest BCUT2D eigenvalue weighted by Crippen LogP contribution is -2.31. The van der Waals surface area contributed by atoms with Gasteiger partial charge < -0.3 is 5.32 Å². The highest BCUT2D eigenvalue weighted by atomic mass is 35.5. The van der Waals surface area contributed by atoms with Crippen molar-refractivity contribution in [2.45, 2.75) is 31.7 Å². The van der Waals surface area contributed by atoms with Crippen LogP contribution in [-0.2, 0) is 0 Å². The van der Waals surface area contributed by atoms with Crippen LogP contribution in [0.15, 0.2) is 23.2 Å². The summed E-state index contributed by atoms with van der Waals surface area (Å²) in [5.74, 6) is 1.89. The molecule has 0 bridgehead atoms. The Kier molecular flexibility index (Phi) is 4.18. The van der Waals surface area contributed by atoms with Gasteiger partial charge in [-0.05, 0) is 37.0 Å². The molecule has 0 saturated heterocycles. The molecular weight excluding hydrogens is 290 g/mol. The minimum atomic E-state index is 0.477. The maximum Gasteiger partial charge on any atom is 0.161 e. The fourth-order valence-corrected chi connectivity index (χ4v) is 4.18. The summed E-state index contributed by atoms with van der Waals surface area (Å²) in [7, 11) is 0. The van der Waals surface area contributed by atoms with Crippen molar-refractivity contribution in [1.82, 2.24) is 0 Å². The first-order valence-electron chi connectivity index (χ1n) is 6.93. The number of amidine groups is 1. The van der Waals surface area contributed by atoms with Gasteiger partial charge in [-0.3, -0.25) is 4.99 Å². The molecule has 1 aromatic carbocycles. The lowest BCUT2D eigenvalue weighted by molar-refractivity contribution is 0.336. The number of nitrogens with one attached hydrogen (secondary N) is 1. The normalized spacial score (nSPS) is 25.3. The minimum Gasteiger partial charge on any atom is -0.334 e. The fraction of sp³-hybridized carbons (Fsp3) is 0.467. The largest absolute Gasteiger partial charge is 0.334 e. The summed E-state index contributed by atoms with van der Waals surface area (Å²) in [6, 6.07) is 7.86. The SMILES string of the molecule is N#Cc1ccc(NC2=NC3CCCCC3CS2)c(Cl)c1. The zero-order chi connectivity index (χ0) is 13.9. The molecule has 1 saturated carbocycles. The highest BCUT2D eigenvalue weighted by molar-refractivity contribution is 8.14. The number of halogens is 1. The molecule has 5 heteroatoms. The molecule has 1 heterocycles. The Morgan fingerprint density at radius 3 is 3.00 bits per heavy atom. The number of rotatable bonds is 1. The van der Waals surface area contributed by atoms with Crippen molar-refractivity contribution in [3.63, 3.8) is 0 Å². The van der Waals surface area contributed by atoms with Gasteiger partial charge in [-0.1, -0.05) is 36.2 Å². The number of thioether (sulfide) groups is 1. The summed E-state index contributed by atoms with van der Waals surface area (Å²) in [5, 5.41) is 13.7. The van der Waals surface area contributed by atoms with Crippen LogP contribution >= 0.6 is 23.4 Å².